The summed E-state index contributed by atoms with van der Waals surface area (Å²) in [5.74, 6) is -1.46. The molecule has 11 nitrogen and oxygen atoms in total. The van der Waals surface area contributed by atoms with E-state index in [1.54, 1.807) is 48.5 Å². The number of phenols is 1. The van der Waals surface area contributed by atoms with Crippen LogP contribution in [-0.4, -0.2) is 82.9 Å². The third-order valence-electron chi connectivity index (χ3n) is 11.4. The lowest BCUT2D eigenvalue weighted by Gasteiger charge is -2.60. The molecule has 1 amide bonds. The Labute approximate surface area is 318 Å². The maximum atomic E-state index is 14.7. The Hall–Kier alpha value is -4.21. The number of allylic oxidation sites excluding steroid dienone is 1. The second kappa shape index (κ2) is 18.4. The number of nitriles is 1. The number of aliphatic hydroxyl groups excluding tert-OH is 2. The van der Waals surface area contributed by atoms with E-state index in [9.17, 15) is 25.4 Å². The zero-order valence-corrected chi connectivity index (χ0v) is 31.4. The number of rotatable bonds is 17. The van der Waals surface area contributed by atoms with Crippen molar-refractivity contribution in [3.8, 4) is 17.6 Å². The van der Waals surface area contributed by atoms with E-state index in [-0.39, 0.29) is 55.7 Å². The van der Waals surface area contributed by atoms with Gasteiger partial charge in [-0.15, -0.1) is 6.58 Å². The molecule has 2 aliphatic carbocycles. The molecule has 0 radical (unpaired) electrons. The lowest BCUT2D eigenvalue weighted by atomic mass is 9.55. The minimum absolute atomic E-state index is 0.0524. The third kappa shape index (κ3) is 8.22. The number of unbranched alkanes of at least 4 members (excludes halogenated alkanes) is 2. The number of amides is 1. The quantitative estimate of drug-likeness (QED) is 0.0886. The zero-order chi connectivity index (χ0) is 38.1. The minimum atomic E-state index is -1.39. The summed E-state index contributed by atoms with van der Waals surface area (Å²) in [5.41, 5.74) is 3.40. The summed E-state index contributed by atoms with van der Waals surface area (Å²) in [4.78, 5) is 22.8. The predicted molar refractivity (Wildman–Crippen MR) is 204 cm³/mol. The molecule has 4 aliphatic rings. The summed E-state index contributed by atoms with van der Waals surface area (Å²) < 4.78 is 20.1. The van der Waals surface area contributed by atoms with Crippen LogP contribution in [0.5, 0.6) is 11.5 Å². The predicted octanol–water partition coefficient (Wildman–Crippen LogP) is 6.98. The standard InChI is InChI=1S/C43H55N3O8/c1-3-20-46(42(50)30-16-14-29(28-44)15-17-30)38-27-36(45-54-39-13-7-10-24-51-39)34-25-31(11-5-8-21-47)33(12-6-9-22-48)40-35-26-32(49)18-19-37(35)53-43(38,41(34)40)52-23-4-2/h4,14-19,25-26,31,33,38-41,47-49H,2-3,5-13,20-24,27H2,1H3/t31-,33+,38-,39?,40+,41+,43+/m0/s1. The number of hydrogen-bond donors (Lipinski definition) is 3. The number of carbonyl (C=O) groups is 1. The Kier molecular flexibility index (Phi) is 13.5. The topological polar surface area (TPSA) is 154 Å². The van der Waals surface area contributed by atoms with Gasteiger partial charge in [0.2, 0.25) is 12.1 Å². The summed E-state index contributed by atoms with van der Waals surface area (Å²) in [5, 5.41) is 44.9. The fourth-order valence-electron chi connectivity index (χ4n) is 9.07. The zero-order valence-electron chi connectivity index (χ0n) is 31.4. The Bertz CT molecular complexity index is 1700. The molecule has 1 saturated heterocycles. The average Bonchev–Trinajstić information content (AvgIpc) is 3.20. The van der Waals surface area contributed by atoms with E-state index in [0.717, 1.165) is 56.1 Å². The first-order valence-electron chi connectivity index (χ1n) is 19.7. The van der Waals surface area contributed by atoms with Gasteiger partial charge in [-0.2, -0.15) is 5.26 Å². The number of aliphatic hydroxyl groups is 2. The van der Waals surface area contributed by atoms with Gasteiger partial charge in [-0.05, 0) is 105 Å². The van der Waals surface area contributed by atoms with E-state index in [2.05, 4.69) is 18.7 Å². The Morgan fingerprint density at radius 2 is 1.89 bits per heavy atom. The van der Waals surface area contributed by atoms with Gasteiger partial charge in [0.25, 0.3) is 5.91 Å². The van der Waals surface area contributed by atoms with E-state index in [1.807, 2.05) is 11.8 Å². The van der Waals surface area contributed by atoms with Crippen LogP contribution < -0.4 is 4.74 Å². The number of phenolic OH excluding ortho intramolecular Hbond substituents is 1. The molecule has 290 valence electrons. The molecule has 2 aliphatic heterocycles. The Morgan fingerprint density at radius 1 is 1.11 bits per heavy atom. The van der Waals surface area contributed by atoms with E-state index in [0.29, 0.717) is 55.0 Å². The second-order valence-electron chi connectivity index (χ2n) is 14.9. The van der Waals surface area contributed by atoms with Crippen molar-refractivity contribution in [3.05, 3.63) is 83.5 Å². The SMILES string of the molecule is C=CCO[C@@]12Oc3ccc(O)cc3[C@H]3[C@H](CCCCO)[C@@H](CCCCO)C=C(C(=NOC4CCCCO4)C[C@@H]1N(CCC)C(=O)c1ccc(C#N)cc1)[C@H]32. The van der Waals surface area contributed by atoms with Crippen molar-refractivity contribution >= 4 is 11.6 Å². The molecular formula is C43H55N3O8. The fourth-order valence-corrected chi connectivity index (χ4v) is 9.07. The van der Waals surface area contributed by atoms with Crippen molar-refractivity contribution in [2.75, 3.05) is 33.0 Å². The number of fused-ring (bicyclic) bond motifs is 2. The maximum absolute atomic E-state index is 14.7. The van der Waals surface area contributed by atoms with Crippen molar-refractivity contribution in [2.45, 2.75) is 102 Å². The van der Waals surface area contributed by atoms with Crippen LogP contribution in [0, 0.1) is 29.1 Å². The van der Waals surface area contributed by atoms with Gasteiger partial charge in [-0.3, -0.25) is 4.79 Å². The molecule has 2 aromatic rings. The molecular weight excluding hydrogens is 686 g/mol. The first-order chi connectivity index (χ1) is 26.4. The number of oxime groups is 1. The number of carbonyl (C=O) groups excluding carboxylic acids is 1. The van der Waals surface area contributed by atoms with Gasteiger partial charge in [-0.25, -0.2) is 0 Å². The highest BCUT2D eigenvalue weighted by Gasteiger charge is 2.65. The monoisotopic (exact) mass is 741 g/mol. The second-order valence-corrected chi connectivity index (χ2v) is 14.9. The highest BCUT2D eigenvalue weighted by atomic mass is 16.8. The summed E-state index contributed by atoms with van der Waals surface area (Å²) in [6, 6.07) is 13.3. The van der Waals surface area contributed by atoms with Gasteiger partial charge < -0.3 is 39.3 Å². The van der Waals surface area contributed by atoms with Crippen molar-refractivity contribution in [3.63, 3.8) is 0 Å². The van der Waals surface area contributed by atoms with E-state index in [1.165, 1.54) is 0 Å². The van der Waals surface area contributed by atoms with E-state index < -0.39 is 24.0 Å². The molecule has 0 bridgehead atoms. The molecule has 1 unspecified atom stereocenters. The van der Waals surface area contributed by atoms with E-state index >= 15 is 0 Å². The Morgan fingerprint density at radius 3 is 2.57 bits per heavy atom. The minimum Gasteiger partial charge on any atom is -0.508 e. The van der Waals surface area contributed by atoms with Gasteiger partial charge in [0.1, 0.15) is 17.5 Å². The number of aromatic hydroxyl groups is 1. The number of ether oxygens (including phenoxy) is 3. The van der Waals surface area contributed by atoms with Crippen LogP contribution in [0.25, 0.3) is 0 Å². The van der Waals surface area contributed by atoms with Crippen LogP contribution in [0.3, 0.4) is 0 Å². The first kappa shape index (κ1) is 39.5. The number of benzene rings is 2. The molecule has 7 atom stereocenters. The normalized spacial score (nSPS) is 27.8. The fraction of sp³-hybridized carbons (Fsp3) is 0.558. The van der Waals surface area contributed by atoms with Crippen LogP contribution in [0.1, 0.15) is 105 Å². The number of nitrogens with zero attached hydrogens (tertiary/aromatic N) is 3. The lowest BCUT2D eigenvalue weighted by Crippen LogP contribution is -2.70. The smallest absolute Gasteiger partial charge is 0.254 e. The largest absolute Gasteiger partial charge is 0.508 e. The summed E-state index contributed by atoms with van der Waals surface area (Å²) >= 11 is 0. The van der Waals surface area contributed by atoms with Crippen LogP contribution in [0.15, 0.2) is 71.9 Å². The molecule has 2 fully saturated rings. The first-order valence-corrected chi connectivity index (χ1v) is 19.7. The van der Waals surface area contributed by atoms with E-state index in [4.69, 9.17) is 24.2 Å². The maximum Gasteiger partial charge on any atom is 0.254 e. The third-order valence-corrected chi connectivity index (χ3v) is 11.4. The molecule has 1 saturated carbocycles. The highest BCUT2D eigenvalue weighted by molar-refractivity contribution is 6.03. The van der Waals surface area contributed by atoms with Gasteiger partial charge in [0.05, 0.1) is 36.5 Å². The van der Waals surface area contributed by atoms with Crippen LogP contribution in [0.2, 0.25) is 0 Å². The van der Waals surface area contributed by atoms with Crippen LogP contribution in [-0.2, 0) is 14.3 Å². The molecule has 6 rings (SSSR count). The molecule has 3 N–H and O–H groups in total. The number of hydrogen-bond acceptors (Lipinski definition) is 10. The molecule has 54 heavy (non-hydrogen) atoms. The summed E-state index contributed by atoms with van der Waals surface area (Å²) in [6.45, 7) is 7.37. The van der Waals surface area contributed by atoms with Crippen molar-refractivity contribution in [1.29, 1.82) is 5.26 Å². The summed E-state index contributed by atoms with van der Waals surface area (Å²) in [6.07, 6.45) is 11.7. The molecule has 2 aromatic carbocycles. The summed E-state index contributed by atoms with van der Waals surface area (Å²) in [7, 11) is 0. The average molecular weight is 742 g/mol. The molecule has 11 heteroatoms. The molecule has 2 heterocycles. The van der Waals surface area contributed by atoms with Gasteiger partial charge in [0, 0.05) is 49.6 Å². The van der Waals surface area contributed by atoms with Crippen molar-refractivity contribution in [1.82, 2.24) is 4.90 Å². The van der Waals surface area contributed by atoms with Crippen molar-refractivity contribution in [2.24, 2.45) is 22.9 Å². The molecule has 0 aromatic heterocycles. The van der Waals surface area contributed by atoms with Gasteiger partial charge in [-0.1, -0.05) is 37.1 Å². The van der Waals surface area contributed by atoms with Crippen molar-refractivity contribution < 1.29 is 39.2 Å². The Balaban J connectivity index is 1.58. The molecule has 0 spiro atoms. The van der Waals surface area contributed by atoms with Gasteiger partial charge in [0.15, 0.2) is 0 Å². The van der Waals surface area contributed by atoms with Gasteiger partial charge >= 0.3 is 0 Å². The highest BCUT2D eigenvalue weighted by Crippen LogP contribution is 2.62. The van der Waals surface area contributed by atoms with Crippen LogP contribution in [0.4, 0.5) is 0 Å². The lowest BCUT2D eigenvalue weighted by molar-refractivity contribution is -0.254. The van der Waals surface area contributed by atoms with Crippen LogP contribution >= 0.6 is 0 Å².